The second kappa shape index (κ2) is 7.91. The Morgan fingerprint density at radius 3 is 2.19 bits per heavy atom. The van der Waals surface area contributed by atoms with E-state index in [1.807, 2.05) is 41.0 Å². The van der Waals surface area contributed by atoms with Crippen LogP contribution in [-0.4, -0.2) is 53.9 Å². The highest BCUT2D eigenvalue weighted by molar-refractivity contribution is 5.88. The lowest BCUT2D eigenvalue weighted by Gasteiger charge is -2.43. The van der Waals surface area contributed by atoms with Crippen molar-refractivity contribution < 1.29 is 14.3 Å². The molecule has 5 heteroatoms. The Morgan fingerprint density at radius 2 is 1.56 bits per heavy atom. The molecule has 0 N–H and O–H groups in total. The third-order valence-electron chi connectivity index (χ3n) is 6.27. The van der Waals surface area contributed by atoms with E-state index >= 15 is 0 Å². The summed E-state index contributed by atoms with van der Waals surface area (Å²) < 4.78 is 5.99. The minimum absolute atomic E-state index is 0.0621. The number of rotatable bonds is 4. The first-order valence-electron chi connectivity index (χ1n) is 10.4. The van der Waals surface area contributed by atoms with Crippen LogP contribution < -0.4 is 4.74 Å². The predicted molar refractivity (Wildman–Crippen MR) is 103 cm³/mol. The zero-order chi connectivity index (χ0) is 18.8. The molecular weight excluding hydrogens is 340 g/mol. The van der Waals surface area contributed by atoms with Crippen LogP contribution in [0, 0.1) is 18.8 Å². The van der Waals surface area contributed by atoms with Gasteiger partial charge in [0.25, 0.3) is 0 Å². The number of carbonyl (C=O) groups is 2. The van der Waals surface area contributed by atoms with Crippen molar-refractivity contribution in [1.29, 1.82) is 0 Å². The summed E-state index contributed by atoms with van der Waals surface area (Å²) in [5.74, 6) is 1.01. The summed E-state index contributed by atoms with van der Waals surface area (Å²) in [6.45, 7) is 5.05. The Hall–Kier alpha value is -2.04. The van der Waals surface area contributed by atoms with Crippen molar-refractivity contribution in [3.8, 4) is 5.75 Å². The molecule has 0 bridgehead atoms. The molecule has 2 saturated heterocycles. The first-order valence-corrected chi connectivity index (χ1v) is 10.4. The maximum atomic E-state index is 13.1. The van der Waals surface area contributed by atoms with E-state index in [4.69, 9.17) is 4.74 Å². The third-order valence-corrected chi connectivity index (χ3v) is 6.27. The molecule has 1 saturated carbocycles. The van der Waals surface area contributed by atoms with E-state index in [0.29, 0.717) is 13.1 Å². The molecule has 0 spiro atoms. The van der Waals surface area contributed by atoms with Crippen LogP contribution in [0.4, 0.5) is 0 Å². The Kier molecular flexibility index (Phi) is 5.37. The first kappa shape index (κ1) is 18.3. The average Bonchev–Trinajstić information content (AvgIpc) is 3.18. The fourth-order valence-corrected chi connectivity index (χ4v) is 4.70. The lowest BCUT2D eigenvalue weighted by molar-refractivity contribution is -0.153. The van der Waals surface area contributed by atoms with Crippen molar-refractivity contribution in [2.45, 2.75) is 51.6 Å². The van der Waals surface area contributed by atoms with Gasteiger partial charge in [-0.15, -0.1) is 0 Å². The fraction of sp³-hybridized carbons (Fsp3) is 0.636. The van der Waals surface area contributed by atoms with Gasteiger partial charge in [0.05, 0.1) is 13.1 Å². The van der Waals surface area contributed by atoms with E-state index in [1.165, 1.54) is 5.56 Å². The van der Waals surface area contributed by atoms with Crippen LogP contribution in [0.5, 0.6) is 5.75 Å². The lowest BCUT2D eigenvalue weighted by Crippen LogP contribution is -2.59. The smallest absolute Gasteiger partial charge is 0.226 e. The Morgan fingerprint density at radius 1 is 0.926 bits per heavy atom. The standard InChI is InChI=1S/C22H30N2O3/c1-16-7-6-8-17(13-16)27-18-14-24(15-18)22(26)20-10-3-2-9-19(20)21(25)23-11-4-5-12-23/h6-8,13,18-20H,2-5,9-12,14-15H2,1H3/t19-,20+/m1/s1. The van der Waals surface area contributed by atoms with Gasteiger partial charge in [0.15, 0.2) is 0 Å². The molecule has 3 aliphatic rings. The van der Waals surface area contributed by atoms with E-state index in [2.05, 4.69) is 0 Å². The van der Waals surface area contributed by atoms with E-state index in [-0.39, 0.29) is 29.8 Å². The monoisotopic (exact) mass is 370 g/mol. The molecule has 4 rings (SSSR count). The van der Waals surface area contributed by atoms with E-state index in [9.17, 15) is 9.59 Å². The number of carbonyl (C=O) groups excluding carboxylic acids is 2. The molecule has 1 aromatic rings. The zero-order valence-corrected chi connectivity index (χ0v) is 16.2. The lowest BCUT2D eigenvalue weighted by atomic mass is 9.77. The highest BCUT2D eigenvalue weighted by Crippen LogP contribution is 2.35. The average molecular weight is 370 g/mol. The zero-order valence-electron chi connectivity index (χ0n) is 16.2. The number of likely N-dealkylation sites (tertiary alicyclic amines) is 2. The van der Waals surface area contributed by atoms with Gasteiger partial charge in [-0.2, -0.15) is 0 Å². The summed E-state index contributed by atoms with van der Waals surface area (Å²) in [5, 5.41) is 0. The second-order valence-corrected chi connectivity index (χ2v) is 8.33. The summed E-state index contributed by atoms with van der Waals surface area (Å²) in [6, 6.07) is 8.02. The summed E-state index contributed by atoms with van der Waals surface area (Å²) in [4.78, 5) is 29.8. The molecule has 2 atom stereocenters. The van der Waals surface area contributed by atoms with Gasteiger partial charge in [-0.3, -0.25) is 9.59 Å². The molecule has 5 nitrogen and oxygen atoms in total. The van der Waals surface area contributed by atoms with Crippen molar-refractivity contribution in [3.05, 3.63) is 29.8 Å². The molecule has 0 aromatic heterocycles. The van der Waals surface area contributed by atoms with Crippen LogP contribution in [0.25, 0.3) is 0 Å². The number of nitrogens with zero attached hydrogens (tertiary/aromatic N) is 2. The normalized spacial score (nSPS) is 26.0. The van der Waals surface area contributed by atoms with Crippen LogP contribution >= 0.6 is 0 Å². The molecule has 1 aromatic carbocycles. The number of ether oxygens (including phenoxy) is 1. The highest BCUT2D eigenvalue weighted by Gasteiger charge is 2.43. The minimum atomic E-state index is -0.133. The molecule has 2 heterocycles. The summed E-state index contributed by atoms with van der Waals surface area (Å²) in [7, 11) is 0. The van der Waals surface area contributed by atoms with Gasteiger partial charge in [0.2, 0.25) is 11.8 Å². The van der Waals surface area contributed by atoms with Gasteiger partial charge in [0, 0.05) is 24.9 Å². The van der Waals surface area contributed by atoms with Crippen LogP contribution in [0.2, 0.25) is 0 Å². The van der Waals surface area contributed by atoms with Crippen LogP contribution in [0.3, 0.4) is 0 Å². The molecule has 0 radical (unpaired) electrons. The minimum Gasteiger partial charge on any atom is -0.487 e. The van der Waals surface area contributed by atoms with E-state index in [0.717, 1.165) is 57.4 Å². The fourth-order valence-electron chi connectivity index (χ4n) is 4.70. The second-order valence-electron chi connectivity index (χ2n) is 8.33. The van der Waals surface area contributed by atoms with Crippen molar-refractivity contribution in [2.24, 2.45) is 11.8 Å². The summed E-state index contributed by atoms with van der Waals surface area (Å²) in [6.07, 6.45) is 6.09. The van der Waals surface area contributed by atoms with Gasteiger partial charge in [-0.25, -0.2) is 0 Å². The topological polar surface area (TPSA) is 49.9 Å². The molecule has 2 amide bonds. The maximum absolute atomic E-state index is 13.1. The summed E-state index contributed by atoms with van der Waals surface area (Å²) in [5.41, 5.74) is 1.17. The molecular formula is C22H30N2O3. The molecule has 146 valence electrons. The summed E-state index contributed by atoms with van der Waals surface area (Å²) >= 11 is 0. The molecule has 0 unspecified atom stereocenters. The van der Waals surface area contributed by atoms with Crippen LogP contribution in [0.15, 0.2) is 24.3 Å². The Labute approximate surface area is 161 Å². The van der Waals surface area contributed by atoms with E-state index < -0.39 is 0 Å². The van der Waals surface area contributed by atoms with Crippen molar-refractivity contribution in [2.75, 3.05) is 26.2 Å². The van der Waals surface area contributed by atoms with Crippen LogP contribution in [-0.2, 0) is 9.59 Å². The predicted octanol–water partition coefficient (Wildman–Crippen LogP) is 3.01. The largest absolute Gasteiger partial charge is 0.487 e. The van der Waals surface area contributed by atoms with Gasteiger partial charge in [-0.05, 0) is 50.3 Å². The Balaban J connectivity index is 1.33. The number of amides is 2. The van der Waals surface area contributed by atoms with Crippen molar-refractivity contribution in [1.82, 2.24) is 9.80 Å². The van der Waals surface area contributed by atoms with Crippen molar-refractivity contribution in [3.63, 3.8) is 0 Å². The third kappa shape index (κ3) is 3.97. The highest BCUT2D eigenvalue weighted by atomic mass is 16.5. The molecule has 1 aliphatic carbocycles. The van der Waals surface area contributed by atoms with Gasteiger partial charge >= 0.3 is 0 Å². The maximum Gasteiger partial charge on any atom is 0.226 e. The van der Waals surface area contributed by atoms with Gasteiger partial charge < -0.3 is 14.5 Å². The molecule has 27 heavy (non-hydrogen) atoms. The Bertz CT molecular complexity index is 693. The first-order chi connectivity index (χ1) is 13.1. The number of aryl methyl sites for hydroxylation is 1. The van der Waals surface area contributed by atoms with Crippen LogP contribution in [0.1, 0.15) is 44.1 Å². The van der Waals surface area contributed by atoms with Crippen molar-refractivity contribution >= 4 is 11.8 Å². The van der Waals surface area contributed by atoms with Gasteiger partial charge in [0.1, 0.15) is 11.9 Å². The SMILES string of the molecule is Cc1cccc(OC2CN(C(=O)[C@H]3CCCC[C@H]3C(=O)N3CCCC3)C2)c1. The quantitative estimate of drug-likeness (QED) is 0.819. The molecule has 2 aliphatic heterocycles. The number of benzene rings is 1. The number of hydrogen-bond acceptors (Lipinski definition) is 3. The number of hydrogen-bond donors (Lipinski definition) is 0. The van der Waals surface area contributed by atoms with Gasteiger partial charge in [-0.1, -0.05) is 25.0 Å². The van der Waals surface area contributed by atoms with E-state index in [1.54, 1.807) is 0 Å². The molecule has 3 fully saturated rings.